The van der Waals surface area contributed by atoms with Gasteiger partial charge in [-0.3, -0.25) is 9.59 Å². The summed E-state index contributed by atoms with van der Waals surface area (Å²) in [6, 6.07) is 6.76. The van der Waals surface area contributed by atoms with Gasteiger partial charge in [0.2, 0.25) is 11.4 Å². The molecule has 1 aliphatic rings. The number of rotatable bonds is 4. The Balaban J connectivity index is 1.47. The van der Waals surface area contributed by atoms with E-state index in [1.54, 1.807) is 6.07 Å². The van der Waals surface area contributed by atoms with Gasteiger partial charge in [0.25, 0.3) is 5.91 Å². The minimum Gasteiger partial charge on any atom is -0.476 e. The number of piperidine rings is 1. The van der Waals surface area contributed by atoms with E-state index in [1.807, 2.05) is 17.0 Å². The van der Waals surface area contributed by atoms with Crippen LogP contribution < -0.4 is 10.3 Å². The SMILES string of the molecule is CC(C)(C)c1ccc(OCC2CCN(C(=O)c3ccc(=O)[nH]c3)CC2)nn1. The van der Waals surface area contributed by atoms with E-state index in [9.17, 15) is 9.59 Å². The molecule has 1 N–H and O–H groups in total. The Kier molecular flexibility index (Phi) is 5.58. The minimum absolute atomic E-state index is 0.0311. The number of aromatic nitrogens is 3. The van der Waals surface area contributed by atoms with Crippen molar-refractivity contribution in [3.8, 4) is 5.88 Å². The van der Waals surface area contributed by atoms with Crippen LogP contribution in [-0.4, -0.2) is 45.7 Å². The molecule has 0 unspecified atom stereocenters. The molecule has 0 atom stereocenters. The van der Waals surface area contributed by atoms with Crippen LogP contribution in [0.15, 0.2) is 35.3 Å². The molecule has 0 saturated carbocycles. The molecular weight excluding hydrogens is 344 g/mol. The summed E-state index contributed by atoms with van der Waals surface area (Å²) < 4.78 is 5.79. The Morgan fingerprint density at radius 2 is 1.93 bits per heavy atom. The maximum Gasteiger partial charge on any atom is 0.255 e. The molecule has 0 spiro atoms. The van der Waals surface area contributed by atoms with Crippen molar-refractivity contribution < 1.29 is 9.53 Å². The molecule has 2 aromatic rings. The fourth-order valence-corrected chi connectivity index (χ4v) is 3.03. The van der Waals surface area contributed by atoms with Crippen molar-refractivity contribution in [2.75, 3.05) is 19.7 Å². The van der Waals surface area contributed by atoms with Crippen molar-refractivity contribution in [1.29, 1.82) is 0 Å². The first-order valence-electron chi connectivity index (χ1n) is 9.28. The molecule has 3 heterocycles. The van der Waals surface area contributed by atoms with Crippen LogP contribution in [0.2, 0.25) is 0 Å². The van der Waals surface area contributed by atoms with Crippen LogP contribution in [0.3, 0.4) is 0 Å². The smallest absolute Gasteiger partial charge is 0.255 e. The Morgan fingerprint density at radius 1 is 1.19 bits per heavy atom. The molecule has 7 nitrogen and oxygen atoms in total. The molecule has 1 saturated heterocycles. The summed E-state index contributed by atoms with van der Waals surface area (Å²) in [7, 11) is 0. The molecule has 3 rings (SSSR count). The molecule has 0 bridgehead atoms. The number of likely N-dealkylation sites (tertiary alicyclic amines) is 1. The third kappa shape index (κ3) is 4.93. The number of carbonyl (C=O) groups is 1. The molecule has 1 aliphatic heterocycles. The number of nitrogens with zero attached hydrogens (tertiary/aromatic N) is 3. The number of hydrogen-bond donors (Lipinski definition) is 1. The highest BCUT2D eigenvalue weighted by atomic mass is 16.5. The summed E-state index contributed by atoms with van der Waals surface area (Å²) in [6.45, 7) is 8.23. The molecular formula is C20H26N4O3. The number of nitrogens with one attached hydrogen (secondary N) is 1. The standard InChI is InChI=1S/C20H26N4O3/c1-20(2,3)16-5-7-18(23-22-16)27-13-14-8-10-24(11-9-14)19(26)15-4-6-17(25)21-12-15/h4-7,12,14H,8-11,13H2,1-3H3,(H,21,25). The number of aromatic amines is 1. The van der Waals surface area contributed by atoms with Crippen LogP contribution in [0.4, 0.5) is 0 Å². The van der Waals surface area contributed by atoms with Gasteiger partial charge in [-0.05, 0) is 30.9 Å². The molecule has 144 valence electrons. The molecule has 2 aromatic heterocycles. The van der Waals surface area contributed by atoms with Gasteiger partial charge in [0, 0.05) is 36.8 Å². The van der Waals surface area contributed by atoms with Gasteiger partial charge in [0.15, 0.2) is 0 Å². The predicted octanol–water partition coefficient (Wildman–Crippen LogP) is 2.39. The predicted molar refractivity (Wildman–Crippen MR) is 102 cm³/mol. The number of ether oxygens (including phenoxy) is 1. The maximum absolute atomic E-state index is 12.5. The first kappa shape index (κ1) is 19.1. The average molecular weight is 370 g/mol. The molecule has 0 aliphatic carbocycles. The van der Waals surface area contributed by atoms with Crippen LogP contribution in [0.5, 0.6) is 5.88 Å². The monoisotopic (exact) mass is 370 g/mol. The van der Waals surface area contributed by atoms with E-state index in [-0.39, 0.29) is 16.9 Å². The average Bonchev–Trinajstić information content (AvgIpc) is 2.66. The zero-order valence-electron chi connectivity index (χ0n) is 16.1. The Morgan fingerprint density at radius 3 is 2.48 bits per heavy atom. The maximum atomic E-state index is 12.5. The second-order valence-electron chi connectivity index (χ2n) is 7.99. The lowest BCUT2D eigenvalue weighted by Crippen LogP contribution is -2.39. The minimum atomic E-state index is -0.207. The van der Waals surface area contributed by atoms with Crippen molar-refractivity contribution in [2.24, 2.45) is 5.92 Å². The number of pyridine rings is 1. The summed E-state index contributed by atoms with van der Waals surface area (Å²) in [4.78, 5) is 27.9. The zero-order valence-corrected chi connectivity index (χ0v) is 16.1. The van der Waals surface area contributed by atoms with Crippen molar-refractivity contribution in [3.05, 3.63) is 52.1 Å². The summed E-state index contributed by atoms with van der Waals surface area (Å²) >= 11 is 0. The van der Waals surface area contributed by atoms with E-state index in [1.165, 1.54) is 12.3 Å². The summed E-state index contributed by atoms with van der Waals surface area (Å²) in [5.41, 5.74) is 1.21. The topological polar surface area (TPSA) is 88.2 Å². The highest BCUT2D eigenvalue weighted by molar-refractivity contribution is 5.93. The van der Waals surface area contributed by atoms with Crippen LogP contribution in [-0.2, 0) is 5.41 Å². The zero-order chi connectivity index (χ0) is 19.4. The van der Waals surface area contributed by atoms with Crippen LogP contribution >= 0.6 is 0 Å². The molecule has 0 aromatic carbocycles. The van der Waals surface area contributed by atoms with Gasteiger partial charge in [-0.2, -0.15) is 5.10 Å². The fraction of sp³-hybridized carbons (Fsp3) is 0.500. The largest absolute Gasteiger partial charge is 0.476 e. The Labute approximate surface area is 158 Å². The lowest BCUT2D eigenvalue weighted by atomic mass is 9.92. The molecule has 7 heteroatoms. The quantitative estimate of drug-likeness (QED) is 0.893. The summed E-state index contributed by atoms with van der Waals surface area (Å²) in [5, 5.41) is 8.39. The van der Waals surface area contributed by atoms with Crippen molar-refractivity contribution in [2.45, 2.75) is 39.0 Å². The van der Waals surface area contributed by atoms with E-state index in [0.29, 0.717) is 37.1 Å². The third-order valence-corrected chi connectivity index (χ3v) is 4.81. The lowest BCUT2D eigenvalue weighted by molar-refractivity contribution is 0.0658. The first-order chi connectivity index (χ1) is 12.8. The number of carbonyl (C=O) groups excluding carboxylic acids is 1. The van der Waals surface area contributed by atoms with Gasteiger partial charge in [-0.15, -0.1) is 5.10 Å². The van der Waals surface area contributed by atoms with E-state index in [4.69, 9.17) is 4.74 Å². The van der Waals surface area contributed by atoms with E-state index < -0.39 is 0 Å². The molecule has 27 heavy (non-hydrogen) atoms. The van der Waals surface area contributed by atoms with Crippen molar-refractivity contribution >= 4 is 5.91 Å². The Hall–Kier alpha value is -2.70. The molecule has 0 radical (unpaired) electrons. The van der Waals surface area contributed by atoms with Gasteiger partial charge in [-0.25, -0.2) is 0 Å². The van der Waals surface area contributed by atoms with Gasteiger partial charge < -0.3 is 14.6 Å². The van der Waals surface area contributed by atoms with Crippen LogP contribution in [0, 0.1) is 5.92 Å². The third-order valence-electron chi connectivity index (χ3n) is 4.81. The highest BCUT2D eigenvalue weighted by Crippen LogP contribution is 2.22. The van der Waals surface area contributed by atoms with Gasteiger partial charge in [0.05, 0.1) is 17.9 Å². The Bertz CT molecular complexity index is 811. The van der Waals surface area contributed by atoms with E-state index >= 15 is 0 Å². The molecule has 1 fully saturated rings. The number of amides is 1. The van der Waals surface area contributed by atoms with E-state index in [0.717, 1.165) is 18.5 Å². The first-order valence-corrected chi connectivity index (χ1v) is 9.28. The summed E-state index contributed by atoms with van der Waals surface area (Å²) in [5.74, 6) is 0.873. The summed E-state index contributed by atoms with van der Waals surface area (Å²) in [6.07, 6.45) is 3.23. The normalized spacial score (nSPS) is 15.6. The van der Waals surface area contributed by atoms with Crippen molar-refractivity contribution in [3.63, 3.8) is 0 Å². The second kappa shape index (κ2) is 7.90. The van der Waals surface area contributed by atoms with Crippen LogP contribution in [0.25, 0.3) is 0 Å². The van der Waals surface area contributed by atoms with Gasteiger partial charge in [0.1, 0.15) is 0 Å². The van der Waals surface area contributed by atoms with Gasteiger partial charge in [-0.1, -0.05) is 20.8 Å². The number of hydrogen-bond acceptors (Lipinski definition) is 5. The lowest BCUT2D eigenvalue weighted by Gasteiger charge is -2.31. The molecule has 1 amide bonds. The second-order valence-corrected chi connectivity index (χ2v) is 7.99. The van der Waals surface area contributed by atoms with Crippen molar-refractivity contribution in [1.82, 2.24) is 20.1 Å². The highest BCUT2D eigenvalue weighted by Gasteiger charge is 2.24. The fourth-order valence-electron chi connectivity index (χ4n) is 3.03. The number of H-pyrrole nitrogens is 1. The van der Waals surface area contributed by atoms with Crippen LogP contribution in [0.1, 0.15) is 49.7 Å². The van der Waals surface area contributed by atoms with Gasteiger partial charge >= 0.3 is 0 Å². The van der Waals surface area contributed by atoms with E-state index in [2.05, 4.69) is 36.0 Å².